The van der Waals surface area contributed by atoms with Gasteiger partial charge in [0.2, 0.25) is 0 Å². The highest BCUT2D eigenvalue weighted by Gasteiger charge is 2.29. The lowest BCUT2D eigenvalue weighted by molar-refractivity contribution is 0.143. The first-order valence-corrected chi connectivity index (χ1v) is 10.7. The van der Waals surface area contributed by atoms with Crippen molar-refractivity contribution in [2.24, 2.45) is 7.05 Å². The van der Waals surface area contributed by atoms with Gasteiger partial charge in [0, 0.05) is 51.0 Å². The van der Waals surface area contributed by atoms with Crippen molar-refractivity contribution in [1.82, 2.24) is 34.8 Å². The maximum atomic E-state index is 12.7. The fraction of sp³-hybridized carbons (Fsp3) is 0.455. The quantitative estimate of drug-likeness (QED) is 0.561. The molecule has 1 aliphatic heterocycles. The zero-order chi connectivity index (χ0) is 21.6. The van der Waals surface area contributed by atoms with Crippen LogP contribution in [0.4, 0.5) is 4.79 Å². The Labute approximate surface area is 182 Å². The molecule has 1 aliphatic rings. The summed E-state index contributed by atoms with van der Waals surface area (Å²) in [5.74, 6) is 0.722. The van der Waals surface area contributed by atoms with Crippen LogP contribution in [0.2, 0.25) is 0 Å². The van der Waals surface area contributed by atoms with Gasteiger partial charge in [-0.15, -0.1) is 10.2 Å². The van der Waals surface area contributed by atoms with Crippen molar-refractivity contribution in [3.05, 3.63) is 53.5 Å². The van der Waals surface area contributed by atoms with Crippen LogP contribution in [0.3, 0.4) is 0 Å². The van der Waals surface area contributed by atoms with Crippen LogP contribution >= 0.6 is 0 Å². The summed E-state index contributed by atoms with van der Waals surface area (Å²) >= 11 is 0. The van der Waals surface area contributed by atoms with E-state index in [1.807, 2.05) is 46.3 Å². The first-order valence-electron chi connectivity index (χ1n) is 10.7. The smallest absolute Gasteiger partial charge is 0.317 e. The predicted molar refractivity (Wildman–Crippen MR) is 116 cm³/mol. The Morgan fingerprint density at radius 3 is 2.90 bits per heavy atom. The van der Waals surface area contributed by atoms with Gasteiger partial charge in [-0.25, -0.2) is 4.79 Å². The molecule has 0 saturated heterocycles. The van der Waals surface area contributed by atoms with Crippen molar-refractivity contribution in [2.75, 3.05) is 26.3 Å². The summed E-state index contributed by atoms with van der Waals surface area (Å²) in [7, 11) is 1.95. The Hall–Kier alpha value is -3.20. The number of fused-ring (bicyclic) bond motifs is 1. The zero-order valence-electron chi connectivity index (χ0n) is 18.1. The molecule has 2 aromatic heterocycles. The lowest BCUT2D eigenvalue weighted by Gasteiger charge is -2.27. The third-order valence-electron chi connectivity index (χ3n) is 5.50. The summed E-state index contributed by atoms with van der Waals surface area (Å²) in [5.41, 5.74) is 4.14. The molecule has 0 aliphatic carbocycles. The van der Waals surface area contributed by atoms with E-state index in [1.165, 1.54) is 5.56 Å². The molecular formula is C22H29N7O2. The number of urea groups is 1. The van der Waals surface area contributed by atoms with Crippen LogP contribution in [0.5, 0.6) is 0 Å². The van der Waals surface area contributed by atoms with E-state index in [2.05, 4.69) is 27.6 Å². The molecule has 1 N–H and O–H groups in total. The maximum Gasteiger partial charge on any atom is 0.317 e. The summed E-state index contributed by atoms with van der Waals surface area (Å²) in [6.45, 7) is 5.77. The highest BCUT2D eigenvalue weighted by Crippen LogP contribution is 2.29. The van der Waals surface area contributed by atoms with Gasteiger partial charge in [-0.1, -0.05) is 30.3 Å². The van der Waals surface area contributed by atoms with Crippen LogP contribution in [-0.2, 0) is 31.3 Å². The van der Waals surface area contributed by atoms with E-state index >= 15 is 0 Å². The Bertz CT molecular complexity index is 1010. The maximum absolute atomic E-state index is 12.7. The molecule has 3 heterocycles. The van der Waals surface area contributed by atoms with Crippen LogP contribution < -0.4 is 5.32 Å². The highest BCUT2D eigenvalue weighted by molar-refractivity contribution is 5.75. The molecule has 4 rings (SSSR count). The second kappa shape index (κ2) is 9.74. The van der Waals surface area contributed by atoms with Crippen LogP contribution in [0.1, 0.15) is 30.2 Å². The van der Waals surface area contributed by atoms with Crippen molar-refractivity contribution < 1.29 is 9.53 Å². The fourth-order valence-electron chi connectivity index (χ4n) is 3.91. The number of ether oxygens (including phenoxy) is 1. The fourth-order valence-corrected chi connectivity index (χ4v) is 3.91. The summed E-state index contributed by atoms with van der Waals surface area (Å²) in [6.07, 6.45) is 3.30. The monoisotopic (exact) mass is 423 g/mol. The first kappa shape index (κ1) is 21.0. The third-order valence-corrected chi connectivity index (χ3v) is 5.50. The summed E-state index contributed by atoms with van der Waals surface area (Å²) in [4.78, 5) is 14.5. The van der Waals surface area contributed by atoms with Crippen molar-refractivity contribution >= 4 is 6.03 Å². The van der Waals surface area contributed by atoms with Crippen LogP contribution in [0.15, 0.2) is 36.7 Å². The zero-order valence-corrected chi connectivity index (χ0v) is 18.1. The molecule has 9 nitrogen and oxygen atoms in total. The van der Waals surface area contributed by atoms with Crippen molar-refractivity contribution in [3.63, 3.8) is 0 Å². The largest absolute Gasteiger partial charge is 0.382 e. The van der Waals surface area contributed by atoms with Crippen LogP contribution in [0, 0.1) is 0 Å². The van der Waals surface area contributed by atoms with Gasteiger partial charge in [-0.05, 0) is 18.9 Å². The van der Waals surface area contributed by atoms with E-state index in [0.29, 0.717) is 39.4 Å². The molecule has 0 unspecified atom stereocenters. The highest BCUT2D eigenvalue weighted by atomic mass is 16.5. The van der Waals surface area contributed by atoms with Crippen molar-refractivity contribution in [2.45, 2.75) is 32.9 Å². The van der Waals surface area contributed by atoms with Gasteiger partial charge in [0.15, 0.2) is 5.82 Å². The number of carbonyl (C=O) groups excluding carboxylic acids is 1. The normalized spacial score (nSPS) is 13.3. The predicted octanol–water partition coefficient (Wildman–Crippen LogP) is 2.22. The summed E-state index contributed by atoms with van der Waals surface area (Å²) in [6, 6.07) is 10.1. The molecule has 0 spiro atoms. The topological polar surface area (TPSA) is 90.1 Å². The summed E-state index contributed by atoms with van der Waals surface area (Å²) < 4.78 is 9.24. The van der Waals surface area contributed by atoms with Crippen molar-refractivity contribution in [3.8, 4) is 11.5 Å². The second-order valence-electron chi connectivity index (χ2n) is 7.62. The van der Waals surface area contributed by atoms with Crippen LogP contribution in [-0.4, -0.2) is 61.8 Å². The SMILES string of the molecule is CCOCCCNC(=O)N1CCc2c(c(-c3nncn3Cc3ccccc3)nn2C)C1. The van der Waals surface area contributed by atoms with Gasteiger partial charge in [0.1, 0.15) is 12.0 Å². The Morgan fingerprint density at radius 2 is 2.10 bits per heavy atom. The minimum atomic E-state index is -0.0531. The summed E-state index contributed by atoms with van der Waals surface area (Å²) in [5, 5.41) is 16.2. The molecule has 31 heavy (non-hydrogen) atoms. The third kappa shape index (κ3) is 4.77. The Morgan fingerprint density at radius 1 is 1.26 bits per heavy atom. The van der Waals surface area contributed by atoms with Gasteiger partial charge in [0.25, 0.3) is 0 Å². The number of nitrogens with zero attached hydrogens (tertiary/aromatic N) is 6. The number of hydrogen-bond acceptors (Lipinski definition) is 5. The number of aromatic nitrogens is 5. The average Bonchev–Trinajstić information content (AvgIpc) is 3.37. The Balaban J connectivity index is 1.50. The molecule has 0 radical (unpaired) electrons. The van der Waals surface area contributed by atoms with E-state index < -0.39 is 0 Å². The van der Waals surface area contributed by atoms with Gasteiger partial charge < -0.3 is 19.5 Å². The standard InChI is InChI=1S/C22H29N7O2/c1-3-31-13-7-11-23-22(30)28-12-10-19-18(15-28)20(26-27(19)2)21-25-24-16-29(21)14-17-8-5-4-6-9-17/h4-6,8-9,16H,3,7,10-15H2,1-2H3,(H,23,30). The molecule has 2 amide bonds. The lowest BCUT2D eigenvalue weighted by Crippen LogP contribution is -2.43. The average molecular weight is 424 g/mol. The molecule has 164 valence electrons. The number of hydrogen-bond donors (Lipinski definition) is 1. The number of benzene rings is 1. The van der Waals surface area contributed by atoms with E-state index in [0.717, 1.165) is 35.6 Å². The molecule has 0 fully saturated rings. The van der Waals surface area contributed by atoms with Gasteiger partial charge in [0.05, 0.1) is 13.1 Å². The molecule has 0 bridgehead atoms. The lowest BCUT2D eigenvalue weighted by atomic mass is 10.0. The van der Waals surface area contributed by atoms with Gasteiger partial charge in [-0.2, -0.15) is 5.10 Å². The first-order chi connectivity index (χ1) is 15.2. The van der Waals surface area contributed by atoms with Crippen LogP contribution in [0.25, 0.3) is 11.5 Å². The van der Waals surface area contributed by atoms with Gasteiger partial charge >= 0.3 is 6.03 Å². The minimum Gasteiger partial charge on any atom is -0.382 e. The van der Waals surface area contributed by atoms with E-state index in [9.17, 15) is 4.79 Å². The minimum absolute atomic E-state index is 0.0531. The number of amides is 2. The van der Waals surface area contributed by atoms with E-state index in [-0.39, 0.29) is 6.03 Å². The number of aryl methyl sites for hydroxylation is 1. The van der Waals surface area contributed by atoms with E-state index in [1.54, 1.807) is 6.33 Å². The molecule has 0 saturated carbocycles. The second-order valence-corrected chi connectivity index (χ2v) is 7.62. The van der Waals surface area contributed by atoms with Gasteiger partial charge in [-0.3, -0.25) is 4.68 Å². The van der Waals surface area contributed by atoms with E-state index in [4.69, 9.17) is 9.84 Å². The molecule has 9 heteroatoms. The number of rotatable bonds is 8. The number of nitrogens with one attached hydrogen (secondary N) is 1. The molecular weight excluding hydrogens is 394 g/mol. The van der Waals surface area contributed by atoms with Crippen molar-refractivity contribution in [1.29, 1.82) is 0 Å². The Kier molecular flexibility index (Phi) is 6.61. The molecule has 0 atom stereocenters. The molecule has 1 aromatic carbocycles. The molecule has 3 aromatic rings. The number of carbonyl (C=O) groups is 1.